The number of nitrogens with zero attached hydrogens (tertiary/aromatic N) is 6. The van der Waals surface area contributed by atoms with Gasteiger partial charge in [-0.25, -0.2) is 5.43 Å². The number of cyclic esters (lactones) is 1. The maximum atomic E-state index is 15.0. The molecule has 1 saturated carbocycles. The van der Waals surface area contributed by atoms with E-state index in [1.807, 2.05) is 43.4 Å². The zero-order chi connectivity index (χ0) is 49.4. The smallest absolute Gasteiger partial charge is 0.324 e. The quantitative estimate of drug-likeness (QED) is 0.166. The number of methoxy groups -OCH3 is 1. The minimum absolute atomic E-state index is 0.0937. The highest BCUT2D eigenvalue weighted by atomic mass is 16.5. The van der Waals surface area contributed by atoms with Crippen LogP contribution in [0, 0.1) is 29.1 Å². The molecular weight excluding hydrogens is 885 g/mol. The number of rotatable bonds is 8. The fourth-order valence-corrected chi connectivity index (χ4v) is 12.0. The van der Waals surface area contributed by atoms with E-state index in [4.69, 9.17) is 9.47 Å². The number of likely N-dealkylation sites (N-methyl/N-ethyl adjacent to an activating group) is 1. The van der Waals surface area contributed by atoms with E-state index in [-0.39, 0.29) is 55.2 Å². The third kappa shape index (κ3) is 9.45. The number of nitrogens with one attached hydrogen (secondary N) is 2. The highest BCUT2D eigenvalue weighted by molar-refractivity contribution is 5.98. The summed E-state index contributed by atoms with van der Waals surface area (Å²) in [4.78, 5) is 81.1. The number of aromatic nitrogens is 2. The minimum Gasteiger partial charge on any atom is -0.464 e. The second kappa shape index (κ2) is 20.3. The second-order valence-corrected chi connectivity index (χ2v) is 20.9. The first-order chi connectivity index (χ1) is 33.7. The van der Waals surface area contributed by atoms with Crippen LogP contribution < -0.4 is 10.7 Å². The lowest BCUT2D eigenvalue weighted by Crippen LogP contribution is -2.62. The van der Waals surface area contributed by atoms with Gasteiger partial charge < -0.3 is 29.2 Å². The Morgan fingerprint density at radius 2 is 1.79 bits per heavy atom. The summed E-state index contributed by atoms with van der Waals surface area (Å²) in [6, 6.07) is 14.0. The first-order valence-corrected chi connectivity index (χ1v) is 25.1. The van der Waals surface area contributed by atoms with Crippen molar-refractivity contribution in [1.29, 1.82) is 0 Å². The van der Waals surface area contributed by atoms with Crippen molar-refractivity contribution in [3.05, 3.63) is 77.6 Å². The predicted octanol–water partition coefficient (Wildman–Crippen LogP) is 5.71. The number of amides is 4. The third-order valence-electron chi connectivity index (χ3n) is 15.5. The number of hydrazine groups is 1. The Labute approximate surface area is 411 Å². The summed E-state index contributed by atoms with van der Waals surface area (Å²) >= 11 is 0. The highest BCUT2D eigenvalue weighted by Gasteiger charge is 2.48. The van der Waals surface area contributed by atoms with Gasteiger partial charge in [-0.2, -0.15) is 0 Å². The van der Waals surface area contributed by atoms with Crippen LogP contribution in [0.5, 0.6) is 0 Å². The number of aryl methyl sites for hydroxylation is 1. The molecule has 4 amide bonds. The lowest BCUT2D eigenvalue weighted by molar-refractivity contribution is -0.156. The summed E-state index contributed by atoms with van der Waals surface area (Å²) < 4.78 is 15.1. The van der Waals surface area contributed by atoms with Gasteiger partial charge in [0.1, 0.15) is 18.1 Å². The van der Waals surface area contributed by atoms with E-state index < -0.39 is 41.3 Å². The SMILES string of the molecule is CCn1c2c3c4cc(ccc41)-c1cccc(c1)CC(NC(=O)[C@H](C1CCCC1)N(C)C(=O)[C@H]1CCN(C(=O)C#CCN(C)C)C1)C(=O)N1CCC[C@H](N1)C(=O)OCC(C)(C)C3[C@H](OC)c1ccncc1-2. The molecule has 0 spiro atoms. The van der Waals surface area contributed by atoms with E-state index in [9.17, 15) is 24.0 Å². The largest absolute Gasteiger partial charge is 0.464 e. The van der Waals surface area contributed by atoms with Crippen molar-refractivity contribution in [3.8, 4) is 34.2 Å². The van der Waals surface area contributed by atoms with Crippen LogP contribution in [0.2, 0.25) is 0 Å². The molecule has 15 heteroatoms. The maximum Gasteiger partial charge on any atom is 0.324 e. The maximum absolute atomic E-state index is 15.0. The Hall–Kier alpha value is -6.08. The van der Waals surface area contributed by atoms with Crippen LogP contribution in [0.4, 0.5) is 0 Å². The number of ether oxygens (including phenoxy) is 2. The monoisotopic (exact) mass is 953 g/mol. The Morgan fingerprint density at radius 1 is 1.00 bits per heavy atom. The molecule has 9 rings (SSSR count). The molecule has 5 aliphatic rings. The van der Waals surface area contributed by atoms with Gasteiger partial charge in [0.15, 0.2) is 0 Å². The molecule has 2 aromatic carbocycles. The van der Waals surface area contributed by atoms with Gasteiger partial charge in [-0.1, -0.05) is 62.9 Å². The van der Waals surface area contributed by atoms with Gasteiger partial charge in [-0.15, -0.1) is 0 Å². The molecule has 6 atom stereocenters. The molecule has 2 N–H and O–H groups in total. The average Bonchev–Trinajstić information content (AvgIpc) is 4.15. The molecule has 370 valence electrons. The molecule has 3 aliphatic heterocycles. The van der Waals surface area contributed by atoms with Crippen LogP contribution in [0.25, 0.3) is 33.3 Å². The van der Waals surface area contributed by atoms with Gasteiger partial charge in [0.05, 0.1) is 30.9 Å². The van der Waals surface area contributed by atoms with Crippen LogP contribution in [-0.2, 0) is 46.4 Å². The van der Waals surface area contributed by atoms with Crippen molar-refractivity contribution in [3.63, 3.8) is 0 Å². The van der Waals surface area contributed by atoms with Gasteiger partial charge in [-0.3, -0.25) is 38.9 Å². The summed E-state index contributed by atoms with van der Waals surface area (Å²) in [5, 5.41) is 5.72. The molecule has 15 nitrogen and oxygen atoms in total. The molecule has 2 aromatic heterocycles. The zero-order valence-electron chi connectivity index (χ0n) is 41.8. The summed E-state index contributed by atoms with van der Waals surface area (Å²) in [6.45, 7) is 8.64. The average molecular weight is 953 g/mol. The molecule has 5 heterocycles. The fourth-order valence-electron chi connectivity index (χ4n) is 12.0. The summed E-state index contributed by atoms with van der Waals surface area (Å²) in [7, 11) is 7.19. The van der Waals surface area contributed by atoms with E-state index in [0.717, 1.165) is 82.2 Å². The first-order valence-electron chi connectivity index (χ1n) is 25.1. The molecule has 2 aliphatic carbocycles. The van der Waals surface area contributed by atoms with Crippen LogP contribution in [0.3, 0.4) is 0 Å². The van der Waals surface area contributed by atoms with Crippen molar-refractivity contribution >= 4 is 40.5 Å². The van der Waals surface area contributed by atoms with E-state index >= 15 is 0 Å². The van der Waals surface area contributed by atoms with E-state index in [2.05, 4.69) is 83.2 Å². The molecule has 70 heavy (non-hydrogen) atoms. The topological polar surface area (TPSA) is 159 Å². The zero-order valence-corrected chi connectivity index (χ0v) is 41.8. The number of carbonyl (C=O) groups is 5. The van der Waals surface area contributed by atoms with E-state index in [1.54, 1.807) is 30.2 Å². The predicted molar refractivity (Wildman–Crippen MR) is 267 cm³/mol. The fraction of sp³-hybridized carbons (Fsp3) is 0.527. The number of hydrogen-bond donors (Lipinski definition) is 2. The van der Waals surface area contributed by atoms with Gasteiger partial charge in [0, 0.05) is 87.0 Å². The van der Waals surface area contributed by atoms with Gasteiger partial charge >= 0.3 is 5.97 Å². The lowest BCUT2D eigenvalue weighted by Gasteiger charge is -2.43. The first kappa shape index (κ1) is 48.9. The van der Waals surface area contributed by atoms with Crippen molar-refractivity contribution in [2.75, 3.05) is 61.0 Å². The number of hydrogen-bond acceptors (Lipinski definition) is 10. The Morgan fingerprint density at radius 3 is 2.54 bits per heavy atom. The van der Waals surface area contributed by atoms with Crippen LogP contribution in [0.15, 0.2) is 60.9 Å². The van der Waals surface area contributed by atoms with Crippen LogP contribution in [-0.4, -0.2) is 138 Å². The molecule has 3 fully saturated rings. The Kier molecular flexibility index (Phi) is 14.2. The second-order valence-electron chi connectivity index (χ2n) is 20.9. The van der Waals surface area contributed by atoms with Crippen molar-refractivity contribution in [2.24, 2.45) is 17.3 Å². The molecule has 6 bridgehead atoms. The molecule has 2 unspecified atom stereocenters. The van der Waals surface area contributed by atoms with Gasteiger partial charge in [0.25, 0.3) is 11.8 Å². The standard InChI is InChI=1S/C55H68N8O7/c1-8-62-44-21-20-37-30-40(44)46-47(50(69-7)39-22-24-56-31-41(39)49(46)62)55(2,3)33-70-54(68)42-18-12-26-63(58-42)53(67)43(29-34-14-11-17-36(37)28-34)57-51(65)48(35-15-9-10-16-35)60(6)52(66)38-23-27-61(32-38)45(64)19-13-25-59(4)5/h11,14,17,20-22,24,28,30-31,35,38,42-43,47-48,50,58H,8-10,12,15-16,18,23,25-27,29,32-33H2,1-7H3,(H,57,65)/t38-,42-,43?,47?,48-,50+/m0/s1. The normalized spacial score (nSPS) is 23.8. The number of benzene rings is 2. The Bertz CT molecular complexity index is 2730. The lowest BCUT2D eigenvalue weighted by atomic mass is 9.66. The molecule has 2 saturated heterocycles. The number of pyridine rings is 1. The number of fused-ring (bicyclic) bond motifs is 8. The Balaban J connectivity index is 1.07. The van der Waals surface area contributed by atoms with E-state index in [1.165, 1.54) is 5.01 Å². The third-order valence-corrected chi connectivity index (χ3v) is 15.5. The van der Waals surface area contributed by atoms with Crippen molar-refractivity contribution in [1.82, 2.24) is 40.0 Å². The summed E-state index contributed by atoms with van der Waals surface area (Å²) in [5.41, 5.74) is 10.7. The summed E-state index contributed by atoms with van der Waals surface area (Å²) in [6.07, 6.45) is 8.44. The van der Waals surface area contributed by atoms with Crippen LogP contribution >= 0.6 is 0 Å². The highest BCUT2D eigenvalue weighted by Crippen LogP contribution is 2.57. The number of esters is 1. The van der Waals surface area contributed by atoms with E-state index in [0.29, 0.717) is 38.9 Å². The molecule has 0 radical (unpaired) electrons. The van der Waals surface area contributed by atoms with Crippen LogP contribution in [0.1, 0.15) is 94.4 Å². The minimum atomic E-state index is -1.04. The molecular formula is C55H68N8O7. The van der Waals surface area contributed by atoms with Crippen molar-refractivity contribution < 1.29 is 33.4 Å². The number of likely N-dealkylation sites (tertiary alicyclic amines) is 1. The number of carbonyl (C=O) groups excluding carboxylic acids is 5. The molecule has 4 aromatic rings. The van der Waals surface area contributed by atoms with Gasteiger partial charge in [-0.05, 0) is 111 Å². The van der Waals surface area contributed by atoms with Crippen molar-refractivity contribution in [2.45, 2.75) is 109 Å². The summed E-state index contributed by atoms with van der Waals surface area (Å²) in [5.74, 6) is 3.05. The van der Waals surface area contributed by atoms with Gasteiger partial charge in [0.2, 0.25) is 11.8 Å².